The highest BCUT2D eigenvalue weighted by Gasteiger charge is 2.00. The summed E-state index contributed by atoms with van der Waals surface area (Å²) in [5.41, 5.74) is 0. The quantitative estimate of drug-likeness (QED) is 0.594. The Morgan fingerprint density at radius 1 is 1.50 bits per heavy atom. The van der Waals surface area contributed by atoms with Crippen molar-refractivity contribution in [2.24, 2.45) is 5.92 Å². The van der Waals surface area contributed by atoms with Crippen LogP contribution in [0.5, 0.6) is 0 Å². The van der Waals surface area contributed by atoms with Gasteiger partial charge in [0.15, 0.2) is 0 Å². The minimum Gasteiger partial charge on any atom is -0.379 e. The lowest BCUT2D eigenvalue weighted by molar-refractivity contribution is -0.124. The smallest absolute Gasteiger partial charge is 0.246 e. The van der Waals surface area contributed by atoms with Gasteiger partial charge in [-0.25, -0.2) is 0 Å². The molecule has 0 bridgehead atoms. The summed E-state index contributed by atoms with van der Waals surface area (Å²) in [6.07, 6.45) is 1.12. The molecule has 0 fully saturated rings. The Kier molecular flexibility index (Phi) is 8.57. The number of hydrogen-bond donors (Lipinski definition) is 1. The Balaban J connectivity index is 3.17. The van der Waals surface area contributed by atoms with Crippen LogP contribution in [0, 0.1) is 5.92 Å². The van der Waals surface area contributed by atoms with Crippen molar-refractivity contribution in [2.75, 3.05) is 33.5 Å². The van der Waals surface area contributed by atoms with Gasteiger partial charge in [-0.05, 0) is 5.92 Å². The van der Waals surface area contributed by atoms with Crippen LogP contribution in [0.15, 0.2) is 0 Å². The number of amides is 1. The average molecular weight is 203 g/mol. The molecule has 0 aliphatic rings. The van der Waals surface area contributed by atoms with Crippen molar-refractivity contribution in [3.05, 3.63) is 0 Å². The van der Waals surface area contributed by atoms with Gasteiger partial charge in [0.25, 0.3) is 0 Å². The van der Waals surface area contributed by atoms with Crippen molar-refractivity contribution < 1.29 is 14.3 Å². The Labute approximate surface area is 86.0 Å². The van der Waals surface area contributed by atoms with E-state index in [0.29, 0.717) is 19.1 Å². The lowest BCUT2D eigenvalue weighted by Gasteiger charge is -2.09. The van der Waals surface area contributed by atoms with E-state index in [1.54, 1.807) is 0 Å². The summed E-state index contributed by atoms with van der Waals surface area (Å²) >= 11 is 0. The van der Waals surface area contributed by atoms with Crippen molar-refractivity contribution in [3.63, 3.8) is 0 Å². The second-order valence-corrected chi connectivity index (χ2v) is 3.37. The first-order valence-corrected chi connectivity index (χ1v) is 5.04. The molecule has 0 saturated carbocycles. The van der Waals surface area contributed by atoms with E-state index >= 15 is 0 Å². The summed E-state index contributed by atoms with van der Waals surface area (Å²) in [6.45, 7) is 6.28. The van der Waals surface area contributed by atoms with Gasteiger partial charge in [-0.3, -0.25) is 4.79 Å². The van der Waals surface area contributed by atoms with Crippen molar-refractivity contribution in [2.45, 2.75) is 20.3 Å². The summed E-state index contributed by atoms with van der Waals surface area (Å²) in [7, 11) is 1.50. The normalized spacial score (nSPS) is 12.5. The Hall–Kier alpha value is -0.610. The standard InChI is InChI=1S/C10H21NO3/c1-4-9(2)7-14-6-5-11-10(12)8-13-3/h9H,4-8H2,1-3H3,(H,11,12). The summed E-state index contributed by atoms with van der Waals surface area (Å²) < 4.78 is 10.0. The third kappa shape index (κ3) is 8.01. The van der Waals surface area contributed by atoms with E-state index in [0.717, 1.165) is 13.0 Å². The third-order valence-electron chi connectivity index (χ3n) is 1.94. The largest absolute Gasteiger partial charge is 0.379 e. The van der Waals surface area contributed by atoms with Crippen LogP contribution in [0.1, 0.15) is 20.3 Å². The lowest BCUT2D eigenvalue weighted by Crippen LogP contribution is -2.30. The number of nitrogens with one attached hydrogen (secondary N) is 1. The lowest BCUT2D eigenvalue weighted by atomic mass is 10.1. The van der Waals surface area contributed by atoms with Crippen LogP contribution < -0.4 is 5.32 Å². The zero-order valence-corrected chi connectivity index (χ0v) is 9.34. The second kappa shape index (κ2) is 8.97. The molecule has 1 atom stereocenters. The van der Waals surface area contributed by atoms with E-state index in [-0.39, 0.29) is 12.5 Å². The highest BCUT2D eigenvalue weighted by atomic mass is 16.5. The second-order valence-electron chi connectivity index (χ2n) is 3.37. The highest BCUT2D eigenvalue weighted by Crippen LogP contribution is 1.99. The van der Waals surface area contributed by atoms with Crippen LogP contribution >= 0.6 is 0 Å². The molecule has 0 aromatic rings. The van der Waals surface area contributed by atoms with Crippen LogP contribution in [0.3, 0.4) is 0 Å². The minimum atomic E-state index is -0.0976. The molecule has 0 aromatic carbocycles. The van der Waals surface area contributed by atoms with Crippen molar-refractivity contribution in [3.8, 4) is 0 Å². The molecule has 0 heterocycles. The number of rotatable bonds is 8. The number of carbonyl (C=O) groups is 1. The molecule has 84 valence electrons. The zero-order chi connectivity index (χ0) is 10.8. The van der Waals surface area contributed by atoms with Gasteiger partial charge in [0.1, 0.15) is 6.61 Å². The fraction of sp³-hybridized carbons (Fsp3) is 0.900. The molecule has 0 aliphatic carbocycles. The van der Waals surface area contributed by atoms with Crippen LogP contribution in [-0.4, -0.2) is 39.4 Å². The van der Waals surface area contributed by atoms with E-state index in [1.807, 2.05) is 0 Å². The molecule has 1 unspecified atom stereocenters. The first-order valence-electron chi connectivity index (χ1n) is 5.04. The fourth-order valence-electron chi connectivity index (χ4n) is 0.847. The first-order chi connectivity index (χ1) is 6.70. The monoisotopic (exact) mass is 203 g/mol. The third-order valence-corrected chi connectivity index (χ3v) is 1.94. The number of hydrogen-bond acceptors (Lipinski definition) is 3. The molecule has 0 aromatic heterocycles. The van der Waals surface area contributed by atoms with E-state index in [9.17, 15) is 4.79 Å². The molecule has 1 amide bonds. The molecule has 0 aliphatic heterocycles. The molecule has 0 saturated heterocycles. The van der Waals surface area contributed by atoms with Gasteiger partial charge in [-0.15, -0.1) is 0 Å². The summed E-state index contributed by atoms with van der Waals surface area (Å²) in [5.74, 6) is 0.490. The van der Waals surface area contributed by atoms with Crippen LogP contribution in [0.2, 0.25) is 0 Å². The fourth-order valence-corrected chi connectivity index (χ4v) is 0.847. The van der Waals surface area contributed by atoms with Gasteiger partial charge in [0, 0.05) is 20.3 Å². The molecule has 4 nitrogen and oxygen atoms in total. The molecule has 0 radical (unpaired) electrons. The van der Waals surface area contributed by atoms with Crippen molar-refractivity contribution >= 4 is 5.91 Å². The minimum absolute atomic E-state index is 0.0976. The Morgan fingerprint density at radius 3 is 2.79 bits per heavy atom. The first kappa shape index (κ1) is 13.4. The van der Waals surface area contributed by atoms with E-state index in [1.165, 1.54) is 7.11 Å². The topological polar surface area (TPSA) is 47.6 Å². The van der Waals surface area contributed by atoms with E-state index < -0.39 is 0 Å². The molecule has 1 N–H and O–H groups in total. The van der Waals surface area contributed by atoms with Crippen molar-refractivity contribution in [1.29, 1.82) is 0 Å². The number of ether oxygens (including phenoxy) is 2. The number of methoxy groups -OCH3 is 1. The molecular formula is C10H21NO3. The van der Waals surface area contributed by atoms with Crippen LogP contribution in [0.25, 0.3) is 0 Å². The van der Waals surface area contributed by atoms with Crippen LogP contribution in [-0.2, 0) is 14.3 Å². The maximum absolute atomic E-state index is 10.9. The molecule has 4 heteroatoms. The molecule has 14 heavy (non-hydrogen) atoms. The van der Waals surface area contributed by atoms with E-state index in [2.05, 4.69) is 23.9 Å². The molecular weight excluding hydrogens is 182 g/mol. The molecule has 0 rings (SSSR count). The maximum Gasteiger partial charge on any atom is 0.246 e. The van der Waals surface area contributed by atoms with Crippen molar-refractivity contribution in [1.82, 2.24) is 5.32 Å². The molecule has 0 spiro atoms. The summed E-state index contributed by atoms with van der Waals surface area (Å²) in [5, 5.41) is 2.69. The Morgan fingerprint density at radius 2 is 2.21 bits per heavy atom. The average Bonchev–Trinajstić information content (AvgIpc) is 2.17. The maximum atomic E-state index is 10.9. The Bertz CT molecular complexity index is 150. The zero-order valence-electron chi connectivity index (χ0n) is 9.34. The predicted octanol–water partition coefficient (Wildman–Crippen LogP) is 0.812. The van der Waals surface area contributed by atoms with Crippen LogP contribution in [0.4, 0.5) is 0 Å². The van der Waals surface area contributed by atoms with Gasteiger partial charge >= 0.3 is 0 Å². The highest BCUT2D eigenvalue weighted by molar-refractivity contribution is 5.77. The summed E-state index contributed by atoms with van der Waals surface area (Å²) in [6, 6.07) is 0. The van der Waals surface area contributed by atoms with Gasteiger partial charge in [-0.2, -0.15) is 0 Å². The van der Waals surface area contributed by atoms with Gasteiger partial charge in [0.2, 0.25) is 5.91 Å². The predicted molar refractivity (Wildman–Crippen MR) is 55.2 cm³/mol. The summed E-state index contributed by atoms with van der Waals surface area (Å²) in [4.78, 5) is 10.9. The number of carbonyl (C=O) groups excluding carboxylic acids is 1. The van der Waals surface area contributed by atoms with Gasteiger partial charge in [0.05, 0.1) is 6.61 Å². The SMILES string of the molecule is CCC(C)COCCNC(=O)COC. The van der Waals surface area contributed by atoms with E-state index in [4.69, 9.17) is 4.74 Å². The van der Waals surface area contributed by atoms with Gasteiger partial charge < -0.3 is 14.8 Å². The van der Waals surface area contributed by atoms with Gasteiger partial charge in [-0.1, -0.05) is 20.3 Å².